The number of hydrogen-bond donors (Lipinski definition) is 1. The maximum absolute atomic E-state index is 3.61. The molecule has 1 nitrogen and oxygen atoms in total. The lowest BCUT2D eigenvalue weighted by Crippen LogP contribution is -2.19. The summed E-state index contributed by atoms with van der Waals surface area (Å²) in [6.07, 6.45) is 3.89. The standard InChI is InChI=1S/C13H14BrNS/c14-12-3-1-2-11-9(8-16-13(11)12)6-7-15-10-4-5-10/h1-3,8,10,15H,4-7H2. The van der Waals surface area contributed by atoms with Crippen LogP contribution in [0, 0.1) is 0 Å². The third-order valence-corrected chi connectivity index (χ3v) is 5.04. The van der Waals surface area contributed by atoms with Crippen LogP contribution in [0.2, 0.25) is 0 Å². The van der Waals surface area contributed by atoms with Crippen molar-refractivity contribution in [3.63, 3.8) is 0 Å². The van der Waals surface area contributed by atoms with Crippen LogP contribution in [0.4, 0.5) is 0 Å². The van der Waals surface area contributed by atoms with E-state index in [4.69, 9.17) is 0 Å². The number of hydrogen-bond acceptors (Lipinski definition) is 2. The molecule has 1 aliphatic carbocycles. The summed E-state index contributed by atoms with van der Waals surface area (Å²) in [4.78, 5) is 0. The van der Waals surface area contributed by atoms with Crippen LogP contribution in [0.25, 0.3) is 10.1 Å². The molecule has 0 radical (unpaired) electrons. The highest BCUT2D eigenvalue weighted by Gasteiger charge is 2.19. The first-order chi connectivity index (χ1) is 7.84. The molecule has 1 aromatic carbocycles. The quantitative estimate of drug-likeness (QED) is 0.900. The number of nitrogens with one attached hydrogen (secondary N) is 1. The van der Waals surface area contributed by atoms with Gasteiger partial charge in [0, 0.05) is 15.2 Å². The third kappa shape index (κ3) is 2.17. The van der Waals surface area contributed by atoms with Gasteiger partial charge >= 0.3 is 0 Å². The lowest BCUT2D eigenvalue weighted by molar-refractivity contribution is 0.684. The van der Waals surface area contributed by atoms with E-state index in [2.05, 4.69) is 44.8 Å². The Kier molecular flexibility index (Phi) is 3.01. The van der Waals surface area contributed by atoms with Crippen molar-refractivity contribution in [3.05, 3.63) is 33.6 Å². The lowest BCUT2D eigenvalue weighted by atomic mass is 10.1. The van der Waals surface area contributed by atoms with Crippen LogP contribution in [-0.4, -0.2) is 12.6 Å². The maximum atomic E-state index is 3.61. The molecule has 0 bridgehead atoms. The Balaban J connectivity index is 1.77. The van der Waals surface area contributed by atoms with Gasteiger partial charge in [0.15, 0.2) is 0 Å². The van der Waals surface area contributed by atoms with Crippen LogP contribution in [0.5, 0.6) is 0 Å². The Morgan fingerprint density at radius 1 is 1.38 bits per heavy atom. The third-order valence-electron chi connectivity index (χ3n) is 3.04. The monoisotopic (exact) mass is 295 g/mol. The molecule has 1 aliphatic rings. The zero-order valence-electron chi connectivity index (χ0n) is 9.00. The van der Waals surface area contributed by atoms with Crippen molar-refractivity contribution in [2.45, 2.75) is 25.3 Å². The zero-order chi connectivity index (χ0) is 11.0. The van der Waals surface area contributed by atoms with Crippen molar-refractivity contribution in [2.24, 2.45) is 0 Å². The van der Waals surface area contributed by atoms with E-state index in [0.29, 0.717) is 0 Å². The van der Waals surface area contributed by atoms with Crippen molar-refractivity contribution in [1.29, 1.82) is 0 Å². The number of thiophene rings is 1. The Bertz CT molecular complexity index is 502. The highest BCUT2D eigenvalue weighted by molar-refractivity contribution is 9.10. The van der Waals surface area contributed by atoms with E-state index in [1.165, 1.54) is 33.0 Å². The molecular weight excluding hydrogens is 282 g/mol. The second-order valence-corrected chi connectivity index (χ2v) is 6.09. The van der Waals surface area contributed by atoms with E-state index < -0.39 is 0 Å². The lowest BCUT2D eigenvalue weighted by Gasteiger charge is -2.02. The van der Waals surface area contributed by atoms with Gasteiger partial charge in [-0.2, -0.15) is 0 Å². The Labute approximate surface area is 108 Å². The van der Waals surface area contributed by atoms with Crippen molar-refractivity contribution in [1.82, 2.24) is 5.32 Å². The minimum Gasteiger partial charge on any atom is -0.314 e. The topological polar surface area (TPSA) is 12.0 Å². The van der Waals surface area contributed by atoms with Crippen LogP contribution in [0.15, 0.2) is 28.1 Å². The van der Waals surface area contributed by atoms with Gasteiger partial charge in [-0.25, -0.2) is 0 Å². The van der Waals surface area contributed by atoms with Gasteiger partial charge in [0.1, 0.15) is 0 Å². The first-order valence-electron chi connectivity index (χ1n) is 5.72. The molecule has 1 saturated carbocycles. The molecule has 3 heteroatoms. The van der Waals surface area contributed by atoms with Gasteiger partial charge in [0.25, 0.3) is 0 Å². The highest BCUT2D eigenvalue weighted by Crippen LogP contribution is 2.32. The Morgan fingerprint density at radius 2 is 2.25 bits per heavy atom. The molecule has 84 valence electrons. The summed E-state index contributed by atoms with van der Waals surface area (Å²) in [6, 6.07) is 7.28. The number of benzene rings is 1. The van der Waals surface area contributed by atoms with Gasteiger partial charge in [-0.05, 0) is 64.1 Å². The average molecular weight is 296 g/mol. The van der Waals surface area contributed by atoms with E-state index in [9.17, 15) is 0 Å². The van der Waals surface area contributed by atoms with E-state index in [-0.39, 0.29) is 0 Å². The molecule has 0 saturated heterocycles. The fourth-order valence-electron chi connectivity index (χ4n) is 1.97. The number of fused-ring (bicyclic) bond motifs is 1. The van der Waals surface area contributed by atoms with Crippen molar-refractivity contribution in [2.75, 3.05) is 6.54 Å². The second kappa shape index (κ2) is 4.47. The van der Waals surface area contributed by atoms with Crippen LogP contribution >= 0.6 is 27.3 Å². The van der Waals surface area contributed by atoms with Gasteiger partial charge in [-0.3, -0.25) is 0 Å². The summed E-state index contributed by atoms with van der Waals surface area (Å²) in [6.45, 7) is 1.11. The maximum Gasteiger partial charge on any atom is 0.0487 e. The second-order valence-electron chi connectivity index (χ2n) is 4.36. The minimum atomic E-state index is 0.816. The highest BCUT2D eigenvalue weighted by atomic mass is 79.9. The normalized spacial score (nSPS) is 15.8. The molecule has 1 N–H and O–H groups in total. The SMILES string of the molecule is Brc1cccc2c(CCNC3CC3)csc12. The fourth-order valence-corrected chi connectivity index (χ4v) is 3.63. The predicted molar refractivity (Wildman–Crippen MR) is 74.3 cm³/mol. The van der Waals surface area contributed by atoms with Crippen LogP contribution < -0.4 is 5.32 Å². The fraction of sp³-hybridized carbons (Fsp3) is 0.385. The van der Waals surface area contributed by atoms with E-state index in [0.717, 1.165) is 19.0 Å². The molecule has 2 aromatic rings. The van der Waals surface area contributed by atoms with Gasteiger partial charge in [0.2, 0.25) is 0 Å². The summed E-state index contributed by atoms with van der Waals surface area (Å²) < 4.78 is 2.60. The number of rotatable bonds is 4. The van der Waals surface area contributed by atoms with Gasteiger partial charge in [-0.1, -0.05) is 12.1 Å². The zero-order valence-corrected chi connectivity index (χ0v) is 11.4. The van der Waals surface area contributed by atoms with Crippen LogP contribution in [-0.2, 0) is 6.42 Å². The molecule has 16 heavy (non-hydrogen) atoms. The molecular formula is C13H14BrNS. The smallest absolute Gasteiger partial charge is 0.0487 e. The van der Waals surface area contributed by atoms with Gasteiger partial charge in [0.05, 0.1) is 0 Å². The molecule has 1 fully saturated rings. The predicted octanol–water partition coefficient (Wildman–Crippen LogP) is 3.96. The summed E-state index contributed by atoms with van der Waals surface area (Å²) in [7, 11) is 0. The van der Waals surface area contributed by atoms with E-state index >= 15 is 0 Å². The van der Waals surface area contributed by atoms with Gasteiger partial charge < -0.3 is 5.32 Å². The average Bonchev–Trinajstić information content (AvgIpc) is 3.00. The first kappa shape index (κ1) is 10.8. The molecule has 3 rings (SSSR count). The van der Waals surface area contributed by atoms with E-state index in [1.54, 1.807) is 0 Å². The van der Waals surface area contributed by atoms with Crippen molar-refractivity contribution >= 4 is 37.4 Å². The molecule has 0 unspecified atom stereocenters. The number of halogens is 1. The Morgan fingerprint density at radius 3 is 3.06 bits per heavy atom. The van der Waals surface area contributed by atoms with Crippen LogP contribution in [0.3, 0.4) is 0 Å². The summed E-state index contributed by atoms with van der Waals surface area (Å²) in [5.41, 5.74) is 1.48. The molecule has 0 aliphatic heterocycles. The molecule has 1 aromatic heterocycles. The molecule has 0 amide bonds. The van der Waals surface area contributed by atoms with Gasteiger partial charge in [-0.15, -0.1) is 11.3 Å². The summed E-state index contributed by atoms with van der Waals surface area (Å²) >= 11 is 5.45. The molecule has 0 spiro atoms. The first-order valence-corrected chi connectivity index (χ1v) is 7.40. The summed E-state index contributed by atoms with van der Waals surface area (Å²) in [5.74, 6) is 0. The minimum absolute atomic E-state index is 0.816. The Hall–Kier alpha value is -0.380. The van der Waals surface area contributed by atoms with Crippen molar-refractivity contribution in [3.8, 4) is 0 Å². The molecule has 0 atom stereocenters. The largest absolute Gasteiger partial charge is 0.314 e. The van der Waals surface area contributed by atoms with Crippen LogP contribution in [0.1, 0.15) is 18.4 Å². The molecule has 1 heterocycles. The van der Waals surface area contributed by atoms with E-state index in [1.807, 2.05) is 11.3 Å². The van der Waals surface area contributed by atoms with Crippen molar-refractivity contribution < 1.29 is 0 Å². The summed E-state index contributed by atoms with van der Waals surface area (Å²) in [5, 5.41) is 7.28.